The van der Waals surface area contributed by atoms with Gasteiger partial charge in [0.25, 0.3) is 0 Å². The van der Waals surface area contributed by atoms with Crippen LogP contribution in [0.5, 0.6) is 0 Å². The molecule has 16 heavy (non-hydrogen) atoms. The van der Waals surface area contributed by atoms with Gasteiger partial charge in [-0.15, -0.1) is 0 Å². The van der Waals surface area contributed by atoms with Crippen LogP contribution in [0.15, 0.2) is 36.5 Å². The molecule has 0 fully saturated rings. The average molecular weight is 219 g/mol. The van der Waals surface area contributed by atoms with Gasteiger partial charge in [0.15, 0.2) is 0 Å². The molecule has 0 saturated heterocycles. The number of ether oxygens (including phenoxy) is 1. The van der Waals surface area contributed by atoms with Gasteiger partial charge in [-0.05, 0) is 19.1 Å². The van der Waals surface area contributed by atoms with Crippen molar-refractivity contribution in [2.24, 2.45) is 0 Å². The van der Waals surface area contributed by atoms with E-state index in [0.717, 1.165) is 10.9 Å². The van der Waals surface area contributed by atoms with Crippen molar-refractivity contribution < 1.29 is 14.4 Å². The highest BCUT2D eigenvalue weighted by atomic mass is 16.7. The van der Waals surface area contributed by atoms with E-state index in [9.17, 15) is 4.79 Å². The van der Waals surface area contributed by atoms with Crippen molar-refractivity contribution >= 4 is 16.9 Å². The lowest BCUT2D eigenvalue weighted by Gasteiger charge is -2.07. The van der Waals surface area contributed by atoms with Crippen LogP contribution in [0.3, 0.4) is 0 Å². The van der Waals surface area contributed by atoms with Gasteiger partial charge < -0.3 is 9.57 Å². The van der Waals surface area contributed by atoms with Crippen molar-refractivity contribution in [1.82, 2.24) is 4.73 Å². The van der Waals surface area contributed by atoms with E-state index >= 15 is 0 Å². The molecule has 0 bridgehead atoms. The molecule has 0 N–H and O–H groups in total. The summed E-state index contributed by atoms with van der Waals surface area (Å²) in [5.41, 5.74) is 0.937. The van der Waals surface area contributed by atoms with Crippen molar-refractivity contribution in [2.75, 3.05) is 13.2 Å². The van der Waals surface area contributed by atoms with E-state index < -0.39 is 0 Å². The maximum atomic E-state index is 11.1. The SMILES string of the molecule is CCOC(=O)COn1ccc2ccccc21. The molecule has 1 aromatic heterocycles. The van der Waals surface area contributed by atoms with Crippen LogP contribution in [0.1, 0.15) is 6.92 Å². The number of hydrogen-bond acceptors (Lipinski definition) is 3. The zero-order chi connectivity index (χ0) is 11.4. The molecule has 0 radical (unpaired) electrons. The van der Waals surface area contributed by atoms with Crippen LogP contribution >= 0.6 is 0 Å². The maximum absolute atomic E-state index is 11.1. The first-order valence-electron chi connectivity index (χ1n) is 5.16. The summed E-state index contributed by atoms with van der Waals surface area (Å²) in [4.78, 5) is 16.4. The van der Waals surface area contributed by atoms with Gasteiger partial charge in [-0.3, -0.25) is 0 Å². The molecule has 0 aliphatic carbocycles. The highest BCUT2D eigenvalue weighted by Crippen LogP contribution is 2.13. The van der Waals surface area contributed by atoms with Crippen LogP contribution < -0.4 is 4.84 Å². The van der Waals surface area contributed by atoms with Crippen LogP contribution in [0.2, 0.25) is 0 Å². The van der Waals surface area contributed by atoms with E-state index in [-0.39, 0.29) is 12.6 Å². The molecule has 0 saturated carbocycles. The van der Waals surface area contributed by atoms with Crippen molar-refractivity contribution in [2.45, 2.75) is 6.92 Å². The molecule has 0 atom stereocenters. The summed E-state index contributed by atoms with van der Waals surface area (Å²) in [5.74, 6) is -0.361. The summed E-state index contributed by atoms with van der Waals surface area (Å²) in [6, 6.07) is 9.73. The Morgan fingerprint density at radius 3 is 2.94 bits per heavy atom. The number of esters is 1. The minimum Gasteiger partial charge on any atom is -0.463 e. The topological polar surface area (TPSA) is 40.5 Å². The first-order valence-corrected chi connectivity index (χ1v) is 5.16. The third-order valence-electron chi connectivity index (χ3n) is 2.19. The third kappa shape index (κ3) is 2.16. The molecule has 0 amide bonds. The van der Waals surface area contributed by atoms with Gasteiger partial charge in [0.1, 0.15) is 0 Å². The number of rotatable bonds is 4. The molecule has 0 aliphatic rings. The van der Waals surface area contributed by atoms with E-state index in [1.807, 2.05) is 30.3 Å². The van der Waals surface area contributed by atoms with E-state index in [1.54, 1.807) is 17.9 Å². The van der Waals surface area contributed by atoms with Gasteiger partial charge in [0.2, 0.25) is 6.61 Å². The predicted octanol–water partition coefficient (Wildman–Crippen LogP) is 1.63. The Morgan fingerprint density at radius 2 is 2.12 bits per heavy atom. The third-order valence-corrected chi connectivity index (χ3v) is 2.19. The first kappa shape index (κ1) is 10.5. The number of hydrogen-bond donors (Lipinski definition) is 0. The Hall–Kier alpha value is -1.97. The summed E-state index contributed by atoms with van der Waals surface area (Å²) in [6.45, 7) is 2.06. The van der Waals surface area contributed by atoms with Crippen LogP contribution in [0.4, 0.5) is 0 Å². The molecule has 0 spiro atoms. The molecule has 0 aliphatic heterocycles. The summed E-state index contributed by atoms with van der Waals surface area (Å²) < 4.78 is 6.35. The predicted molar refractivity (Wildman–Crippen MR) is 60.0 cm³/mol. The fraction of sp³-hybridized carbons (Fsp3) is 0.250. The summed E-state index contributed by atoms with van der Waals surface area (Å²) >= 11 is 0. The Labute approximate surface area is 93.3 Å². The van der Waals surface area contributed by atoms with E-state index in [1.165, 1.54) is 0 Å². The van der Waals surface area contributed by atoms with Crippen LogP contribution in [-0.4, -0.2) is 23.9 Å². The summed E-state index contributed by atoms with van der Waals surface area (Å²) in [5, 5.41) is 1.08. The van der Waals surface area contributed by atoms with Gasteiger partial charge in [-0.1, -0.05) is 18.2 Å². The van der Waals surface area contributed by atoms with Crippen molar-refractivity contribution in [3.63, 3.8) is 0 Å². The standard InChI is InChI=1S/C12H13NO3/c1-2-15-12(14)9-16-13-8-7-10-5-3-4-6-11(10)13/h3-8H,2,9H2,1H3. The molecule has 1 aromatic carbocycles. The molecule has 0 unspecified atom stereocenters. The zero-order valence-electron chi connectivity index (χ0n) is 9.05. The molecule has 2 rings (SSSR count). The maximum Gasteiger partial charge on any atom is 0.346 e. The van der Waals surface area contributed by atoms with Crippen molar-refractivity contribution in [3.8, 4) is 0 Å². The molecule has 2 aromatic rings. The fourth-order valence-electron chi connectivity index (χ4n) is 1.49. The fourth-order valence-corrected chi connectivity index (χ4v) is 1.49. The number of carbonyl (C=O) groups is 1. The number of aromatic nitrogens is 1. The Kier molecular flexibility index (Phi) is 3.10. The van der Waals surface area contributed by atoms with Gasteiger partial charge >= 0.3 is 5.97 Å². The number of fused-ring (bicyclic) bond motifs is 1. The highest BCUT2D eigenvalue weighted by Gasteiger charge is 2.04. The smallest absolute Gasteiger partial charge is 0.346 e. The largest absolute Gasteiger partial charge is 0.463 e. The quantitative estimate of drug-likeness (QED) is 0.734. The molecule has 4 heteroatoms. The normalized spacial score (nSPS) is 10.3. The number of carbonyl (C=O) groups excluding carboxylic acids is 1. The van der Waals surface area contributed by atoms with Gasteiger partial charge in [-0.2, -0.15) is 4.73 Å². The molecule has 84 valence electrons. The second-order valence-corrected chi connectivity index (χ2v) is 3.28. The summed E-state index contributed by atoms with van der Waals surface area (Å²) in [7, 11) is 0. The van der Waals surface area contributed by atoms with E-state index in [2.05, 4.69) is 0 Å². The minimum absolute atomic E-state index is 0.0769. The number of para-hydroxylation sites is 1. The Bertz CT molecular complexity index is 490. The van der Waals surface area contributed by atoms with Crippen LogP contribution in [0.25, 0.3) is 10.9 Å². The monoisotopic (exact) mass is 219 g/mol. The lowest BCUT2D eigenvalue weighted by Crippen LogP contribution is -2.21. The summed E-state index contributed by atoms with van der Waals surface area (Å²) in [6.07, 6.45) is 1.78. The first-order chi connectivity index (χ1) is 7.81. The lowest BCUT2D eigenvalue weighted by atomic mass is 10.3. The Balaban J connectivity index is 2.07. The second-order valence-electron chi connectivity index (χ2n) is 3.28. The van der Waals surface area contributed by atoms with Crippen LogP contribution in [-0.2, 0) is 9.53 Å². The lowest BCUT2D eigenvalue weighted by molar-refractivity contribution is -0.148. The van der Waals surface area contributed by atoms with E-state index in [4.69, 9.17) is 9.57 Å². The van der Waals surface area contributed by atoms with Crippen molar-refractivity contribution in [3.05, 3.63) is 36.5 Å². The minimum atomic E-state index is -0.361. The van der Waals surface area contributed by atoms with Gasteiger partial charge in [0.05, 0.1) is 12.1 Å². The van der Waals surface area contributed by atoms with Gasteiger partial charge in [-0.25, -0.2) is 4.79 Å². The van der Waals surface area contributed by atoms with Crippen LogP contribution in [0, 0.1) is 0 Å². The second kappa shape index (κ2) is 4.70. The number of benzene rings is 1. The molecule has 1 heterocycles. The molecular weight excluding hydrogens is 206 g/mol. The average Bonchev–Trinajstić information content (AvgIpc) is 2.70. The highest BCUT2D eigenvalue weighted by molar-refractivity contribution is 5.79. The zero-order valence-corrected chi connectivity index (χ0v) is 9.05. The Morgan fingerprint density at radius 1 is 1.31 bits per heavy atom. The van der Waals surface area contributed by atoms with E-state index in [0.29, 0.717) is 6.61 Å². The van der Waals surface area contributed by atoms with Gasteiger partial charge in [0, 0.05) is 11.6 Å². The van der Waals surface area contributed by atoms with Crippen molar-refractivity contribution in [1.29, 1.82) is 0 Å². The number of nitrogens with zero attached hydrogens (tertiary/aromatic N) is 1. The molecule has 4 nitrogen and oxygen atoms in total. The molecular formula is C12H13NO3.